The first-order valence-electron chi connectivity index (χ1n) is 9.64. The lowest BCUT2D eigenvalue weighted by Crippen LogP contribution is -2.37. The third kappa shape index (κ3) is 4.72. The van der Waals surface area contributed by atoms with E-state index < -0.39 is 13.6 Å². The van der Waals surface area contributed by atoms with E-state index in [-0.39, 0.29) is 17.7 Å². The Morgan fingerprint density at radius 2 is 1.74 bits per heavy atom. The number of hydrogen-bond acceptors (Lipinski definition) is 4. The van der Waals surface area contributed by atoms with Crippen LogP contribution in [0.3, 0.4) is 0 Å². The minimum Gasteiger partial charge on any atom is -0.461 e. The molecule has 0 amide bonds. The van der Waals surface area contributed by atoms with Gasteiger partial charge >= 0.3 is 13.5 Å². The van der Waals surface area contributed by atoms with Crippen molar-refractivity contribution in [2.75, 3.05) is 0 Å². The number of esters is 1. The van der Waals surface area contributed by atoms with Crippen LogP contribution in [0.2, 0.25) is 0 Å². The molecular weight excluding hydrogens is 361 g/mol. The summed E-state index contributed by atoms with van der Waals surface area (Å²) in [5.41, 5.74) is -0.293. The second-order valence-electron chi connectivity index (χ2n) is 7.45. The summed E-state index contributed by atoms with van der Waals surface area (Å²) in [6, 6.07) is 12.8. The molecule has 0 saturated heterocycles. The highest BCUT2D eigenvalue weighted by atomic mass is 31.2. The minimum atomic E-state index is -3.32. The van der Waals surface area contributed by atoms with Crippen molar-refractivity contribution in [1.82, 2.24) is 5.09 Å². The third-order valence-electron chi connectivity index (χ3n) is 4.98. The van der Waals surface area contributed by atoms with Crippen molar-refractivity contribution in [3.05, 3.63) is 42.5 Å². The molecule has 3 rings (SSSR count). The van der Waals surface area contributed by atoms with E-state index in [9.17, 15) is 9.36 Å². The normalized spacial score (nSPS) is 18.4. The van der Waals surface area contributed by atoms with E-state index in [4.69, 9.17) is 9.26 Å². The predicted octanol–water partition coefficient (Wildman–Crippen LogP) is 5.28. The van der Waals surface area contributed by atoms with Crippen molar-refractivity contribution in [2.45, 2.75) is 64.3 Å². The molecule has 0 aromatic heterocycles. The van der Waals surface area contributed by atoms with Crippen LogP contribution in [0.25, 0.3) is 10.8 Å². The molecule has 0 radical (unpaired) electrons. The second-order valence-corrected chi connectivity index (χ2v) is 10.1. The second kappa shape index (κ2) is 8.45. The molecule has 2 atom stereocenters. The largest absolute Gasteiger partial charge is 0.461 e. The van der Waals surface area contributed by atoms with Gasteiger partial charge in [-0.05, 0) is 44.1 Å². The smallest absolute Gasteiger partial charge is 0.323 e. The summed E-state index contributed by atoms with van der Waals surface area (Å²) in [5, 5.41) is 4.84. The molecule has 1 saturated carbocycles. The van der Waals surface area contributed by atoms with E-state index in [1.165, 1.54) is 0 Å². The van der Waals surface area contributed by atoms with Crippen LogP contribution >= 0.6 is 7.52 Å². The van der Waals surface area contributed by atoms with Crippen molar-refractivity contribution in [3.63, 3.8) is 0 Å². The Labute approximate surface area is 160 Å². The average Bonchev–Trinajstić information content (AvgIpc) is 3.15. The molecule has 2 aromatic carbocycles. The van der Waals surface area contributed by atoms with Crippen LogP contribution in [-0.4, -0.2) is 23.8 Å². The van der Waals surface area contributed by atoms with Crippen molar-refractivity contribution < 1.29 is 18.6 Å². The van der Waals surface area contributed by atoms with Gasteiger partial charge in [0.1, 0.15) is 17.9 Å². The fourth-order valence-electron chi connectivity index (χ4n) is 3.30. The Morgan fingerprint density at radius 3 is 2.44 bits per heavy atom. The first-order chi connectivity index (χ1) is 12.9. The van der Waals surface area contributed by atoms with Crippen LogP contribution in [0.4, 0.5) is 0 Å². The lowest BCUT2D eigenvalue weighted by molar-refractivity contribution is -0.150. The predicted molar refractivity (Wildman–Crippen MR) is 108 cm³/mol. The van der Waals surface area contributed by atoms with E-state index in [1.807, 2.05) is 50.2 Å². The molecule has 0 spiro atoms. The molecule has 1 N–H and O–H groups in total. The highest BCUT2D eigenvalue weighted by Crippen LogP contribution is 2.49. The standard InChI is InChI=1S/C21H28NO4P/c1-15(2)27(24,22-16(3)21(23)25-18-11-5-6-12-18)26-20-14-8-10-17-9-4-7-13-19(17)20/h4,7-10,13-16,18H,5-6,11-12H2,1-3H3,(H,22,24)/t16-,27?/m0/s1. The van der Waals surface area contributed by atoms with Gasteiger partial charge in [-0.15, -0.1) is 0 Å². The molecule has 1 aliphatic rings. The van der Waals surface area contributed by atoms with Gasteiger partial charge in [-0.2, -0.15) is 0 Å². The quantitative estimate of drug-likeness (QED) is 0.515. The fraction of sp³-hybridized carbons (Fsp3) is 0.476. The van der Waals surface area contributed by atoms with Crippen molar-refractivity contribution in [2.24, 2.45) is 0 Å². The third-order valence-corrected chi connectivity index (χ3v) is 7.55. The van der Waals surface area contributed by atoms with Crippen LogP contribution in [0.5, 0.6) is 5.75 Å². The van der Waals surface area contributed by atoms with Crippen LogP contribution in [0.1, 0.15) is 46.5 Å². The van der Waals surface area contributed by atoms with Gasteiger partial charge in [0.05, 0.1) is 5.66 Å². The Hall–Kier alpha value is -1.84. The average molecular weight is 389 g/mol. The number of nitrogens with one attached hydrogen (secondary N) is 1. The lowest BCUT2D eigenvalue weighted by atomic mass is 10.1. The maximum Gasteiger partial charge on any atom is 0.323 e. The van der Waals surface area contributed by atoms with Crippen LogP contribution in [0.15, 0.2) is 42.5 Å². The first-order valence-corrected chi connectivity index (χ1v) is 11.3. The zero-order valence-corrected chi connectivity index (χ0v) is 17.1. The van der Waals surface area contributed by atoms with E-state index in [0.717, 1.165) is 36.5 Å². The summed E-state index contributed by atoms with van der Waals surface area (Å²) in [7, 11) is -3.32. The van der Waals surface area contributed by atoms with Gasteiger partial charge in [0, 0.05) is 5.39 Å². The molecule has 0 aliphatic heterocycles. The van der Waals surface area contributed by atoms with Gasteiger partial charge in [-0.1, -0.05) is 50.2 Å². The summed E-state index contributed by atoms with van der Waals surface area (Å²) >= 11 is 0. The molecule has 27 heavy (non-hydrogen) atoms. The maximum atomic E-state index is 13.5. The minimum absolute atomic E-state index is 0.0147. The number of hydrogen-bond donors (Lipinski definition) is 1. The zero-order valence-electron chi connectivity index (χ0n) is 16.2. The Balaban J connectivity index is 1.76. The summed E-state index contributed by atoms with van der Waals surface area (Å²) in [6.45, 7) is 5.33. The molecule has 0 heterocycles. The van der Waals surface area contributed by atoms with Crippen molar-refractivity contribution in [3.8, 4) is 5.75 Å². The molecule has 6 heteroatoms. The Bertz CT molecular complexity index is 840. The van der Waals surface area contributed by atoms with Crippen LogP contribution in [0, 0.1) is 0 Å². The van der Waals surface area contributed by atoms with Gasteiger partial charge in [-0.3, -0.25) is 9.36 Å². The molecular formula is C21H28NO4P. The highest BCUT2D eigenvalue weighted by molar-refractivity contribution is 7.58. The number of carbonyl (C=O) groups excluding carboxylic acids is 1. The highest BCUT2D eigenvalue weighted by Gasteiger charge is 2.35. The Morgan fingerprint density at radius 1 is 1.07 bits per heavy atom. The van der Waals surface area contributed by atoms with E-state index >= 15 is 0 Å². The van der Waals surface area contributed by atoms with E-state index in [1.54, 1.807) is 13.0 Å². The number of carbonyl (C=O) groups is 1. The number of ether oxygens (including phenoxy) is 1. The molecule has 1 fully saturated rings. The SMILES string of the molecule is CC(C)P(=O)(N[C@@H](C)C(=O)OC1CCCC1)Oc1cccc2ccccc12. The van der Waals surface area contributed by atoms with Gasteiger partial charge in [-0.25, -0.2) is 5.09 Å². The summed E-state index contributed by atoms with van der Waals surface area (Å²) in [4.78, 5) is 12.4. The summed E-state index contributed by atoms with van der Waals surface area (Å²) in [5.74, 6) is 0.179. The maximum absolute atomic E-state index is 13.5. The molecule has 1 aliphatic carbocycles. The first kappa shape index (κ1) is 19.9. The Kier molecular flexibility index (Phi) is 6.23. The van der Waals surface area contributed by atoms with Crippen molar-refractivity contribution in [1.29, 1.82) is 0 Å². The molecule has 2 aromatic rings. The van der Waals surface area contributed by atoms with Crippen molar-refractivity contribution >= 4 is 24.3 Å². The fourth-order valence-corrected chi connectivity index (χ4v) is 4.96. The monoisotopic (exact) mass is 389 g/mol. The number of benzene rings is 2. The van der Waals surface area contributed by atoms with Gasteiger partial charge in [0.2, 0.25) is 0 Å². The van der Waals surface area contributed by atoms with Gasteiger partial charge < -0.3 is 9.26 Å². The van der Waals surface area contributed by atoms with Crippen LogP contribution < -0.4 is 9.61 Å². The summed E-state index contributed by atoms with van der Waals surface area (Å²) in [6.07, 6.45) is 3.99. The lowest BCUT2D eigenvalue weighted by Gasteiger charge is -2.27. The molecule has 1 unspecified atom stereocenters. The zero-order chi connectivity index (χ0) is 19.4. The molecule has 5 nitrogen and oxygen atoms in total. The molecule has 0 bridgehead atoms. The summed E-state index contributed by atoms with van der Waals surface area (Å²) < 4.78 is 25.1. The van der Waals surface area contributed by atoms with Gasteiger partial charge in [0.15, 0.2) is 0 Å². The topological polar surface area (TPSA) is 64.6 Å². The van der Waals surface area contributed by atoms with E-state index in [2.05, 4.69) is 5.09 Å². The van der Waals surface area contributed by atoms with E-state index in [0.29, 0.717) is 5.75 Å². The van der Waals surface area contributed by atoms with Gasteiger partial charge in [0.25, 0.3) is 0 Å². The number of rotatable bonds is 7. The number of fused-ring (bicyclic) bond motifs is 1. The molecule has 146 valence electrons. The van der Waals surface area contributed by atoms with Crippen LogP contribution in [-0.2, 0) is 14.1 Å².